The fraction of sp³-hybridized carbons (Fsp3) is 0.900. The molecule has 148 valence electrons. The van der Waals surface area contributed by atoms with Crippen LogP contribution in [-0.4, -0.2) is 43.3 Å². The molecule has 0 aromatic carbocycles. The maximum atomic E-state index is 13.9. The highest BCUT2D eigenvalue weighted by molar-refractivity contribution is 5.83. The van der Waals surface area contributed by atoms with Gasteiger partial charge in [-0.2, -0.15) is 0 Å². The smallest absolute Gasteiger partial charge is 0.307 e. The Kier molecular flexibility index (Phi) is 6.54. The highest BCUT2D eigenvalue weighted by atomic mass is 19.1. The number of hydrogen-bond acceptors (Lipinski definition) is 4. The van der Waals surface area contributed by atoms with Crippen molar-refractivity contribution >= 4 is 11.9 Å². The van der Waals surface area contributed by atoms with Crippen molar-refractivity contribution in [3.8, 4) is 0 Å². The van der Waals surface area contributed by atoms with Crippen LogP contribution in [0.15, 0.2) is 0 Å². The Morgan fingerprint density at radius 3 is 2.65 bits per heavy atom. The van der Waals surface area contributed by atoms with Crippen LogP contribution in [0.2, 0.25) is 0 Å². The van der Waals surface area contributed by atoms with Crippen LogP contribution < -0.4 is 10.6 Å². The molecule has 1 aliphatic heterocycles. The van der Waals surface area contributed by atoms with Gasteiger partial charge >= 0.3 is 5.97 Å². The molecule has 6 heteroatoms. The standard InChI is InChI=1S/C20H33FN2O3/c1-12-5-3-7-14-10-17(22-19(12)14)20(25)23-16(11-18(24)26-2)13-6-4-8-15(21)9-13/h12-17,19,22H,3-11H2,1-2H3,(H,23,25). The van der Waals surface area contributed by atoms with Crippen LogP contribution >= 0.6 is 0 Å². The summed E-state index contributed by atoms with van der Waals surface area (Å²) in [6.45, 7) is 2.26. The minimum atomic E-state index is -0.834. The van der Waals surface area contributed by atoms with Gasteiger partial charge in [0, 0.05) is 12.1 Å². The van der Waals surface area contributed by atoms with Crippen LogP contribution in [0.1, 0.15) is 64.7 Å². The Morgan fingerprint density at radius 1 is 1.19 bits per heavy atom. The predicted octanol–water partition coefficient (Wildman–Crippen LogP) is 2.73. The topological polar surface area (TPSA) is 67.4 Å². The van der Waals surface area contributed by atoms with Crippen molar-refractivity contribution in [1.82, 2.24) is 10.6 Å². The lowest BCUT2D eigenvalue weighted by atomic mass is 9.78. The van der Waals surface area contributed by atoms with Gasteiger partial charge in [0.2, 0.25) is 5.91 Å². The molecule has 2 saturated carbocycles. The average Bonchev–Trinajstić information content (AvgIpc) is 3.07. The van der Waals surface area contributed by atoms with Gasteiger partial charge < -0.3 is 15.4 Å². The number of fused-ring (bicyclic) bond motifs is 1. The van der Waals surface area contributed by atoms with E-state index in [9.17, 15) is 14.0 Å². The summed E-state index contributed by atoms with van der Waals surface area (Å²) in [4.78, 5) is 24.7. The monoisotopic (exact) mass is 368 g/mol. The molecule has 3 fully saturated rings. The molecule has 1 heterocycles. The van der Waals surface area contributed by atoms with Crippen molar-refractivity contribution in [3.05, 3.63) is 0 Å². The van der Waals surface area contributed by atoms with E-state index in [4.69, 9.17) is 4.74 Å². The lowest BCUT2D eigenvalue weighted by molar-refractivity contribution is -0.142. The first kappa shape index (κ1) is 19.6. The van der Waals surface area contributed by atoms with Crippen LogP contribution in [0.4, 0.5) is 4.39 Å². The third-order valence-electron chi connectivity index (χ3n) is 6.77. The first-order valence-corrected chi connectivity index (χ1v) is 10.2. The van der Waals surface area contributed by atoms with E-state index in [0.29, 0.717) is 30.7 Å². The normalized spacial score (nSPS) is 38.3. The van der Waals surface area contributed by atoms with Crippen molar-refractivity contribution in [1.29, 1.82) is 0 Å². The molecule has 0 aromatic rings. The maximum Gasteiger partial charge on any atom is 0.307 e. The number of esters is 1. The van der Waals surface area contributed by atoms with E-state index in [1.807, 2.05) is 0 Å². The van der Waals surface area contributed by atoms with E-state index < -0.39 is 6.17 Å². The molecular formula is C20H33FN2O3. The van der Waals surface area contributed by atoms with Gasteiger partial charge in [0.15, 0.2) is 0 Å². The molecule has 3 aliphatic rings. The van der Waals surface area contributed by atoms with Gasteiger partial charge in [0.05, 0.1) is 19.6 Å². The zero-order valence-electron chi connectivity index (χ0n) is 16.0. The molecule has 7 atom stereocenters. The van der Waals surface area contributed by atoms with E-state index in [-0.39, 0.29) is 36.3 Å². The number of carbonyl (C=O) groups excluding carboxylic acids is 2. The number of alkyl halides is 1. The molecule has 7 unspecified atom stereocenters. The van der Waals surface area contributed by atoms with Gasteiger partial charge in [0.1, 0.15) is 6.17 Å². The molecule has 5 nitrogen and oxygen atoms in total. The molecule has 0 bridgehead atoms. The molecule has 0 radical (unpaired) electrons. The molecular weight excluding hydrogens is 335 g/mol. The van der Waals surface area contributed by atoms with Gasteiger partial charge in [0.25, 0.3) is 0 Å². The van der Waals surface area contributed by atoms with Crippen LogP contribution in [0.5, 0.6) is 0 Å². The average molecular weight is 368 g/mol. The number of ether oxygens (including phenoxy) is 1. The fourth-order valence-electron chi connectivity index (χ4n) is 5.29. The Bertz CT molecular complexity index is 515. The molecule has 2 aliphatic carbocycles. The van der Waals surface area contributed by atoms with E-state index in [1.54, 1.807) is 0 Å². The third-order valence-corrected chi connectivity index (χ3v) is 6.77. The summed E-state index contributed by atoms with van der Waals surface area (Å²) in [5.74, 6) is 0.783. The second-order valence-electron chi connectivity index (χ2n) is 8.57. The first-order chi connectivity index (χ1) is 12.5. The first-order valence-electron chi connectivity index (χ1n) is 10.2. The second-order valence-corrected chi connectivity index (χ2v) is 8.57. The summed E-state index contributed by atoms with van der Waals surface area (Å²) >= 11 is 0. The van der Waals surface area contributed by atoms with Crippen LogP contribution in [0.25, 0.3) is 0 Å². The quantitative estimate of drug-likeness (QED) is 0.732. The number of hydrogen-bond donors (Lipinski definition) is 2. The summed E-state index contributed by atoms with van der Waals surface area (Å²) in [6, 6.07) is -0.116. The van der Waals surface area contributed by atoms with Crippen molar-refractivity contribution in [2.24, 2.45) is 17.8 Å². The van der Waals surface area contributed by atoms with E-state index in [0.717, 1.165) is 19.3 Å². The summed E-state index contributed by atoms with van der Waals surface area (Å²) in [5.41, 5.74) is 0. The zero-order chi connectivity index (χ0) is 18.7. The maximum absolute atomic E-state index is 13.9. The summed E-state index contributed by atoms with van der Waals surface area (Å²) in [7, 11) is 1.35. The van der Waals surface area contributed by atoms with Crippen molar-refractivity contribution in [2.75, 3.05) is 7.11 Å². The SMILES string of the molecule is COC(=O)CC(NC(=O)C1CC2CCCC(C)C2N1)C1CCCC(F)C1. The largest absolute Gasteiger partial charge is 0.469 e. The molecule has 26 heavy (non-hydrogen) atoms. The van der Waals surface area contributed by atoms with Crippen LogP contribution in [0.3, 0.4) is 0 Å². The Labute approximate surface area is 155 Å². The number of halogens is 1. The Hall–Kier alpha value is -1.17. The summed E-state index contributed by atoms with van der Waals surface area (Å²) < 4.78 is 18.7. The fourth-order valence-corrected chi connectivity index (χ4v) is 5.29. The lowest BCUT2D eigenvalue weighted by Gasteiger charge is -2.32. The summed E-state index contributed by atoms with van der Waals surface area (Å²) in [5, 5.41) is 6.59. The highest BCUT2D eigenvalue weighted by Gasteiger charge is 2.42. The highest BCUT2D eigenvalue weighted by Crippen LogP contribution is 2.37. The minimum Gasteiger partial charge on any atom is -0.469 e. The van der Waals surface area contributed by atoms with Crippen LogP contribution in [-0.2, 0) is 14.3 Å². The van der Waals surface area contributed by atoms with Crippen molar-refractivity contribution < 1.29 is 18.7 Å². The van der Waals surface area contributed by atoms with Gasteiger partial charge in [-0.1, -0.05) is 19.8 Å². The van der Waals surface area contributed by atoms with Gasteiger partial charge in [-0.15, -0.1) is 0 Å². The lowest BCUT2D eigenvalue weighted by Crippen LogP contribution is -2.51. The number of methoxy groups -OCH3 is 1. The molecule has 2 N–H and O–H groups in total. The minimum absolute atomic E-state index is 0.00408. The van der Waals surface area contributed by atoms with Crippen molar-refractivity contribution in [3.63, 3.8) is 0 Å². The predicted molar refractivity (Wildman–Crippen MR) is 97.3 cm³/mol. The summed E-state index contributed by atoms with van der Waals surface area (Å²) in [6.07, 6.45) is 6.45. The Balaban J connectivity index is 1.62. The third kappa shape index (κ3) is 4.56. The number of amides is 1. The molecule has 1 amide bonds. The molecule has 0 aromatic heterocycles. The van der Waals surface area contributed by atoms with Crippen molar-refractivity contribution in [2.45, 2.75) is 89.0 Å². The molecule has 1 saturated heterocycles. The number of rotatable bonds is 5. The van der Waals surface area contributed by atoms with Gasteiger partial charge in [-0.3, -0.25) is 9.59 Å². The van der Waals surface area contributed by atoms with Gasteiger partial charge in [-0.05, 0) is 56.3 Å². The zero-order valence-corrected chi connectivity index (χ0v) is 16.0. The van der Waals surface area contributed by atoms with Crippen LogP contribution in [0, 0.1) is 17.8 Å². The number of carbonyl (C=O) groups is 2. The molecule has 3 rings (SSSR count). The van der Waals surface area contributed by atoms with E-state index in [2.05, 4.69) is 17.6 Å². The molecule has 0 spiro atoms. The number of nitrogens with one attached hydrogen (secondary N) is 2. The second kappa shape index (κ2) is 8.68. The Morgan fingerprint density at radius 2 is 1.96 bits per heavy atom. The van der Waals surface area contributed by atoms with E-state index in [1.165, 1.54) is 26.4 Å². The van der Waals surface area contributed by atoms with Gasteiger partial charge in [-0.25, -0.2) is 4.39 Å². The van der Waals surface area contributed by atoms with E-state index >= 15 is 0 Å².